The van der Waals surface area contributed by atoms with Crippen LogP contribution in [0.5, 0.6) is 0 Å². The third-order valence-corrected chi connectivity index (χ3v) is 1.58. The molecule has 0 N–H and O–H groups in total. The van der Waals surface area contributed by atoms with E-state index in [1.54, 1.807) is 6.69 Å². The van der Waals surface area contributed by atoms with Gasteiger partial charge in [-0.05, 0) is 0 Å². The van der Waals surface area contributed by atoms with Gasteiger partial charge in [-0.1, -0.05) is 32.5 Å². The second-order valence-electron chi connectivity index (χ2n) is 1.70. The predicted molar refractivity (Wildman–Crippen MR) is 35.9 cm³/mol. The maximum Gasteiger partial charge on any atom is 0.241 e. The van der Waals surface area contributed by atoms with E-state index in [-0.39, 0.29) is 0 Å². The molecule has 7 heavy (non-hydrogen) atoms. The molecule has 1 radical (unpaired) electrons. The summed E-state index contributed by atoms with van der Waals surface area (Å²) in [5, 5.41) is 0. The second kappa shape index (κ2) is 4.51. The summed E-state index contributed by atoms with van der Waals surface area (Å²) in [6.45, 7) is 6.04. The highest BCUT2D eigenvalue weighted by Gasteiger charge is 2.00. The van der Waals surface area contributed by atoms with Crippen molar-refractivity contribution in [2.24, 2.45) is 0 Å². The van der Waals surface area contributed by atoms with E-state index in [0.29, 0.717) is 5.82 Å². The molecule has 0 spiro atoms. The van der Waals surface area contributed by atoms with Crippen LogP contribution in [-0.4, -0.2) is 6.69 Å². The molecule has 0 atom stereocenters. The Kier molecular flexibility index (Phi) is 4.74. The molecule has 0 rings (SSSR count). The predicted octanol–water partition coefficient (Wildman–Crippen LogP) is 2.45. The highest BCUT2D eigenvalue weighted by molar-refractivity contribution is 6.94. The van der Waals surface area contributed by atoms with E-state index in [4.69, 9.17) is 11.5 Å². The van der Waals surface area contributed by atoms with Crippen LogP contribution in [0.25, 0.3) is 0 Å². The molecule has 2 heteroatoms. The molecule has 0 aromatic carbocycles. The molecule has 0 unspecified atom stereocenters. The molecule has 0 bridgehead atoms. The third-order valence-electron chi connectivity index (χ3n) is 1.23. The fraction of sp³-hybridized carbons (Fsp3) is 1.00. The van der Waals surface area contributed by atoms with Crippen LogP contribution in [0, 0.1) is 0 Å². The Hall–Kier alpha value is 0.355. The van der Waals surface area contributed by atoms with Crippen molar-refractivity contribution >= 4 is 18.2 Å². The Balaban J connectivity index is 2.99. The van der Waals surface area contributed by atoms with Crippen LogP contribution in [0.1, 0.15) is 26.7 Å². The van der Waals surface area contributed by atoms with Crippen molar-refractivity contribution in [2.45, 2.75) is 32.5 Å². The average Bonchev–Trinajstić information content (AvgIpc) is 1.72. The van der Waals surface area contributed by atoms with Gasteiger partial charge in [0.25, 0.3) is 0 Å². The molecule has 0 aromatic rings. The number of hydrogen-bond donors (Lipinski definition) is 0. The molecule has 0 saturated carbocycles. The Bertz CT molecular complexity index is 29.6. The van der Waals surface area contributed by atoms with Gasteiger partial charge in [-0.15, -0.1) is 0 Å². The Morgan fingerprint density at radius 2 is 1.86 bits per heavy atom. The largest absolute Gasteiger partial charge is 0.241 e. The summed E-state index contributed by atoms with van der Waals surface area (Å²) in [7, 11) is 0. The Morgan fingerprint density at radius 3 is 1.86 bits per heavy atom. The molecule has 0 amide bonds. The fourth-order valence-corrected chi connectivity index (χ4v) is 0.823. The molecule has 0 aliphatic heterocycles. The molecule has 0 nitrogen and oxygen atoms in total. The number of hydrogen-bond acceptors (Lipinski definition) is 0. The lowest BCUT2D eigenvalue weighted by molar-refractivity contribution is 0.766. The summed E-state index contributed by atoms with van der Waals surface area (Å²) < 4.78 is 0. The van der Waals surface area contributed by atoms with Gasteiger partial charge in [-0.2, -0.15) is 0 Å². The van der Waals surface area contributed by atoms with Crippen LogP contribution in [0.4, 0.5) is 0 Å². The van der Waals surface area contributed by atoms with E-state index >= 15 is 0 Å². The van der Waals surface area contributed by atoms with Gasteiger partial charge in [0.05, 0.1) is 0 Å². The zero-order valence-corrected chi connectivity index (χ0v) is 5.70. The van der Waals surface area contributed by atoms with Crippen LogP contribution in [0.15, 0.2) is 0 Å². The monoisotopic (exact) mass is 117 g/mol. The van der Waals surface area contributed by atoms with Crippen LogP contribution in [0.3, 0.4) is 0 Å². The highest BCUT2D eigenvalue weighted by atomic mass is 35.5. The number of halogens is 1. The van der Waals surface area contributed by atoms with E-state index < -0.39 is 0 Å². The molecule has 41 valence electrons. The molecule has 0 aliphatic rings. The first-order valence-electron chi connectivity index (χ1n) is 2.78. The first-order valence-corrected chi connectivity index (χ1v) is 3.22. The van der Waals surface area contributed by atoms with Gasteiger partial charge in [0.1, 0.15) is 0 Å². The van der Waals surface area contributed by atoms with Gasteiger partial charge in [0, 0.05) is 0 Å². The van der Waals surface area contributed by atoms with Crippen molar-refractivity contribution in [1.29, 1.82) is 0 Å². The van der Waals surface area contributed by atoms with Crippen molar-refractivity contribution in [3.05, 3.63) is 0 Å². The molecule has 0 heterocycles. The van der Waals surface area contributed by atoms with Crippen LogP contribution in [-0.2, 0) is 0 Å². The lowest BCUT2D eigenvalue weighted by Gasteiger charge is -2.02. The molecular formula is C5H11BCl. The molecular weight excluding hydrogens is 106 g/mol. The quantitative estimate of drug-likeness (QED) is 0.498. The van der Waals surface area contributed by atoms with Gasteiger partial charge in [-0.25, -0.2) is 11.5 Å². The normalized spacial score (nSPS) is 9.71. The molecule has 0 saturated heterocycles. The zero-order valence-electron chi connectivity index (χ0n) is 4.95. The van der Waals surface area contributed by atoms with E-state index in [1.807, 2.05) is 0 Å². The smallest absolute Gasteiger partial charge is 0.204 e. The zero-order chi connectivity index (χ0) is 5.70. The maximum absolute atomic E-state index is 5.44. The van der Waals surface area contributed by atoms with Crippen molar-refractivity contribution in [1.82, 2.24) is 0 Å². The minimum atomic E-state index is 0.627. The lowest BCUT2D eigenvalue weighted by Crippen LogP contribution is -1.92. The third kappa shape index (κ3) is 2.98. The lowest BCUT2D eigenvalue weighted by atomic mass is 9.82. The van der Waals surface area contributed by atoms with Crippen LogP contribution in [0.2, 0.25) is 5.82 Å². The molecule has 0 fully saturated rings. The number of rotatable bonds is 3. The van der Waals surface area contributed by atoms with E-state index in [9.17, 15) is 0 Å². The SMILES string of the molecule is CCC([B]Cl)CC. The summed E-state index contributed by atoms with van der Waals surface area (Å²) in [6, 6.07) is 0. The summed E-state index contributed by atoms with van der Waals surface area (Å²) in [5.41, 5.74) is 0. The first-order chi connectivity index (χ1) is 3.35. The van der Waals surface area contributed by atoms with Crippen molar-refractivity contribution < 1.29 is 0 Å². The van der Waals surface area contributed by atoms with E-state index in [0.717, 1.165) is 0 Å². The Morgan fingerprint density at radius 1 is 1.43 bits per heavy atom. The molecule has 0 aromatic heterocycles. The van der Waals surface area contributed by atoms with Gasteiger partial charge in [-0.3, -0.25) is 0 Å². The van der Waals surface area contributed by atoms with Crippen molar-refractivity contribution in [3.63, 3.8) is 0 Å². The topological polar surface area (TPSA) is 0 Å². The van der Waals surface area contributed by atoms with Gasteiger partial charge in [0.2, 0.25) is 6.69 Å². The highest BCUT2D eigenvalue weighted by Crippen LogP contribution is 2.13. The standard InChI is InChI=1S/C5H11BCl/c1-3-5(4-2)6-7/h5H,3-4H2,1-2H3. The van der Waals surface area contributed by atoms with Gasteiger partial charge < -0.3 is 0 Å². The van der Waals surface area contributed by atoms with Crippen LogP contribution >= 0.6 is 11.5 Å². The van der Waals surface area contributed by atoms with Crippen molar-refractivity contribution in [2.75, 3.05) is 0 Å². The summed E-state index contributed by atoms with van der Waals surface area (Å²) in [4.78, 5) is 0. The minimum absolute atomic E-state index is 0.627. The Labute approximate surface area is 51.4 Å². The summed E-state index contributed by atoms with van der Waals surface area (Å²) in [5.74, 6) is 0.627. The van der Waals surface area contributed by atoms with E-state index in [2.05, 4.69) is 13.8 Å². The average molecular weight is 117 g/mol. The van der Waals surface area contributed by atoms with Crippen molar-refractivity contribution in [3.8, 4) is 0 Å². The van der Waals surface area contributed by atoms with Crippen LogP contribution < -0.4 is 0 Å². The summed E-state index contributed by atoms with van der Waals surface area (Å²) >= 11 is 5.44. The first kappa shape index (κ1) is 7.35. The fourth-order valence-electron chi connectivity index (χ4n) is 0.467. The van der Waals surface area contributed by atoms with E-state index in [1.165, 1.54) is 12.8 Å². The summed E-state index contributed by atoms with van der Waals surface area (Å²) in [6.07, 6.45) is 2.33. The second-order valence-corrected chi connectivity index (χ2v) is 1.95. The van der Waals surface area contributed by atoms with Gasteiger partial charge >= 0.3 is 0 Å². The maximum atomic E-state index is 5.44. The van der Waals surface area contributed by atoms with Gasteiger partial charge in [0.15, 0.2) is 0 Å². The minimum Gasteiger partial charge on any atom is -0.204 e. The molecule has 0 aliphatic carbocycles.